The molecule has 0 spiro atoms. The van der Waals surface area contributed by atoms with Crippen LogP contribution in [0.4, 0.5) is 4.39 Å². The minimum Gasteiger partial charge on any atom is -0.489 e. The van der Waals surface area contributed by atoms with Gasteiger partial charge in [0.05, 0.1) is 7.11 Å². The van der Waals surface area contributed by atoms with E-state index in [1.807, 2.05) is 36.4 Å². The Hall–Kier alpha value is -3.18. The van der Waals surface area contributed by atoms with Gasteiger partial charge in [-0.1, -0.05) is 54.6 Å². The molecule has 1 N–H and O–H groups in total. The third-order valence-electron chi connectivity index (χ3n) is 5.51. The summed E-state index contributed by atoms with van der Waals surface area (Å²) in [5.41, 5.74) is 2.27. The number of allylic oxidation sites excluding steroid dienone is 1. The van der Waals surface area contributed by atoms with E-state index in [0.29, 0.717) is 19.6 Å². The predicted molar refractivity (Wildman–Crippen MR) is 131 cm³/mol. The Morgan fingerprint density at radius 1 is 1.00 bits per heavy atom. The van der Waals surface area contributed by atoms with Gasteiger partial charge >= 0.3 is 5.97 Å². The van der Waals surface area contributed by atoms with E-state index in [2.05, 4.69) is 29.6 Å². The Morgan fingerprint density at radius 3 is 2.61 bits per heavy atom. The summed E-state index contributed by atoms with van der Waals surface area (Å²) in [6.07, 6.45) is 6.08. The van der Waals surface area contributed by atoms with Gasteiger partial charge in [-0.25, -0.2) is 4.39 Å². The number of methoxy groups -OCH3 is 1. The zero-order chi connectivity index (χ0) is 23.3. The second kappa shape index (κ2) is 13.4. The van der Waals surface area contributed by atoms with Crippen molar-refractivity contribution in [3.8, 4) is 5.75 Å². The first-order valence-corrected chi connectivity index (χ1v) is 11.5. The largest absolute Gasteiger partial charge is 0.489 e. The van der Waals surface area contributed by atoms with Crippen molar-refractivity contribution < 1.29 is 18.7 Å². The molecule has 3 aromatic rings. The molecule has 4 nitrogen and oxygen atoms in total. The normalized spacial score (nSPS) is 11.5. The van der Waals surface area contributed by atoms with Gasteiger partial charge in [0.2, 0.25) is 0 Å². The summed E-state index contributed by atoms with van der Waals surface area (Å²) in [6, 6.07) is 20.9. The fourth-order valence-electron chi connectivity index (χ4n) is 3.63. The van der Waals surface area contributed by atoms with Crippen LogP contribution in [0.1, 0.15) is 31.2 Å². The summed E-state index contributed by atoms with van der Waals surface area (Å²) >= 11 is 0. The molecule has 0 bridgehead atoms. The highest BCUT2D eigenvalue weighted by Crippen LogP contribution is 2.25. The van der Waals surface area contributed by atoms with Crippen LogP contribution in [-0.2, 0) is 16.0 Å². The van der Waals surface area contributed by atoms with Crippen LogP contribution >= 0.6 is 0 Å². The molecule has 3 rings (SSSR count). The van der Waals surface area contributed by atoms with Gasteiger partial charge in [0.25, 0.3) is 0 Å². The highest BCUT2D eigenvalue weighted by atomic mass is 19.1. The third-order valence-corrected chi connectivity index (χ3v) is 5.51. The van der Waals surface area contributed by atoms with Crippen LogP contribution in [-0.4, -0.2) is 32.8 Å². The summed E-state index contributed by atoms with van der Waals surface area (Å²) in [5, 5.41) is 5.73. The first kappa shape index (κ1) is 24.5. The Bertz CT molecular complexity index is 1040. The number of unbranched alkanes of at least 4 members (excludes halogenated alkanes) is 2. The Labute approximate surface area is 195 Å². The van der Waals surface area contributed by atoms with Crippen LogP contribution in [0.5, 0.6) is 5.75 Å². The molecular weight excluding hydrogens is 417 g/mol. The van der Waals surface area contributed by atoms with E-state index in [0.717, 1.165) is 54.3 Å². The highest BCUT2D eigenvalue weighted by Gasteiger charge is 2.05. The molecule has 0 fully saturated rings. The molecule has 0 radical (unpaired) electrons. The van der Waals surface area contributed by atoms with Crippen molar-refractivity contribution in [1.29, 1.82) is 0 Å². The number of hydrogen-bond donors (Lipinski definition) is 1. The molecule has 0 saturated heterocycles. The Balaban J connectivity index is 1.54. The molecule has 0 saturated carbocycles. The number of rotatable bonds is 13. The zero-order valence-electron chi connectivity index (χ0n) is 19.2. The first-order valence-electron chi connectivity index (χ1n) is 11.5. The fourth-order valence-corrected chi connectivity index (χ4v) is 3.63. The lowest BCUT2D eigenvalue weighted by molar-refractivity contribution is -0.140. The van der Waals surface area contributed by atoms with Crippen molar-refractivity contribution in [3.05, 3.63) is 89.8 Å². The van der Waals surface area contributed by atoms with Crippen molar-refractivity contribution in [1.82, 2.24) is 5.32 Å². The van der Waals surface area contributed by atoms with Crippen LogP contribution < -0.4 is 10.1 Å². The van der Waals surface area contributed by atoms with E-state index in [-0.39, 0.29) is 11.8 Å². The van der Waals surface area contributed by atoms with Gasteiger partial charge in [-0.3, -0.25) is 4.79 Å². The van der Waals surface area contributed by atoms with E-state index in [1.165, 1.54) is 24.8 Å². The summed E-state index contributed by atoms with van der Waals surface area (Å²) in [7, 11) is 1.42. The predicted octanol–water partition coefficient (Wildman–Crippen LogP) is 5.85. The molecule has 33 heavy (non-hydrogen) atoms. The number of halogens is 1. The van der Waals surface area contributed by atoms with Crippen molar-refractivity contribution in [2.45, 2.75) is 32.1 Å². The zero-order valence-corrected chi connectivity index (χ0v) is 19.2. The lowest BCUT2D eigenvalue weighted by Crippen LogP contribution is -2.22. The lowest BCUT2D eigenvalue weighted by Gasteiger charge is -2.13. The summed E-state index contributed by atoms with van der Waals surface area (Å²) in [6.45, 7) is 2.00. The molecule has 0 amide bonds. The average Bonchev–Trinajstić information content (AvgIpc) is 2.85. The Morgan fingerprint density at radius 2 is 1.79 bits per heavy atom. The maximum absolute atomic E-state index is 13.1. The second-order valence-corrected chi connectivity index (χ2v) is 8.00. The van der Waals surface area contributed by atoms with Crippen molar-refractivity contribution >= 4 is 16.7 Å². The van der Waals surface area contributed by atoms with Gasteiger partial charge in [0, 0.05) is 18.4 Å². The van der Waals surface area contributed by atoms with Gasteiger partial charge in [0.1, 0.15) is 18.2 Å². The molecule has 0 aliphatic carbocycles. The Kier molecular flexibility index (Phi) is 9.92. The molecule has 0 heterocycles. The molecule has 0 aromatic heterocycles. The molecular formula is C28H32FNO3. The van der Waals surface area contributed by atoms with Crippen LogP contribution in [0.3, 0.4) is 0 Å². The molecule has 174 valence electrons. The van der Waals surface area contributed by atoms with E-state index < -0.39 is 0 Å². The molecule has 5 heteroatoms. The molecule has 0 atom stereocenters. The topological polar surface area (TPSA) is 47.6 Å². The highest BCUT2D eigenvalue weighted by molar-refractivity contribution is 5.88. The van der Waals surface area contributed by atoms with E-state index in [4.69, 9.17) is 9.47 Å². The number of carbonyl (C=O) groups excluding carboxylic acids is 1. The average molecular weight is 450 g/mol. The smallest absolute Gasteiger partial charge is 0.305 e. The van der Waals surface area contributed by atoms with Gasteiger partial charge < -0.3 is 14.8 Å². The van der Waals surface area contributed by atoms with Crippen molar-refractivity contribution in [2.24, 2.45) is 0 Å². The molecule has 0 aliphatic heterocycles. The minimum atomic E-state index is -0.213. The summed E-state index contributed by atoms with van der Waals surface area (Å²) < 4.78 is 24.0. The first-order chi connectivity index (χ1) is 16.2. The van der Waals surface area contributed by atoms with E-state index >= 15 is 0 Å². The minimum absolute atomic E-state index is 0.166. The SMILES string of the molecule is COC(=O)CCCCC=C(CNCCc1ccc(F)cc1)COc1cccc2ccccc12. The van der Waals surface area contributed by atoms with Gasteiger partial charge in [-0.05, 0) is 66.9 Å². The van der Waals surface area contributed by atoms with E-state index in [1.54, 1.807) is 0 Å². The maximum Gasteiger partial charge on any atom is 0.305 e. The number of nitrogens with one attached hydrogen (secondary N) is 1. The number of ether oxygens (including phenoxy) is 2. The van der Waals surface area contributed by atoms with Crippen LogP contribution in [0.25, 0.3) is 10.8 Å². The molecule has 0 unspecified atom stereocenters. The number of esters is 1. The summed E-state index contributed by atoms with van der Waals surface area (Å²) in [5.74, 6) is 0.492. The second-order valence-electron chi connectivity index (χ2n) is 8.00. The van der Waals surface area contributed by atoms with Crippen molar-refractivity contribution in [3.63, 3.8) is 0 Å². The van der Waals surface area contributed by atoms with Crippen LogP contribution in [0.15, 0.2) is 78.4 Å². The quantitative estimate of drug-likeness (QED) is 0.202. The van der Waals surface area contributed by atoms with Gasteiger partial charge in [-0.15, -0.1) is 0 Å². The van der Waals surface area contributed by atoms with E-state index in [9.17, 15) is 9.18 Å². The lowest BCUT2D eigenvalue weighted by atomic mass is 10.1. The third kappa shape index (κ3) is 8.35. The summed E-state index contributed by atoms with van der Waals surface area (Å²) in [4.78, 5) is 11.3. The number of fused-ring (bicyclic) bond motifs is 1. The van der Waals surface area contributed by atoms with Gasteiger partial charge in [0.15, 0.2) is 0 Å². The number of carbonyl (C=O) groups is 1. The standard InChI is InChI=1S/C28H32FNO3/c1-32-28(31)13-4-2-3-8-23(20-30-19-18-22-14-16-25(29)17-15-22)21-33-27-12-7-10-24-9-5-6-11-26(24)27/h5-12,14-17,30H,2-4,13,18-21H2,1H3. The maximum atomic E-state index is 13.1. The van der Waals surface area contributed by atoms with Crippen molar-refractivity contribution in [2.75, 3.05) is 26.8 Å². The number of hydrogen-bond acceptors (Lipinski definition) is 4. The monoisotopic (exact) mass is 449 g/mol. The molecule has 3 aromatic carbocycles. The van der Waals surface area contributed by atoms with Crippen LogP contribution in [0.2, 0.25) is 0 Å². The number of benzene rings is 3. The van der Waals surface area contributed by atoms with Crippen LogP contribution in [0, 0.1) is 5.82 Å². The van der Waals surface area contributed by atoms with Gasteiger partial charge in [-0.2, -0.15) is 0 Å². The molecule has 0 aliphatic rings. The fraction of sp³-hybridized carbons (Fsp3) is 0.321.